The normalized spacial score (nSPS) is 9.60. The van der Waals surface area contributed by atoms with E-state index in [1.807, 2.05) is 6.92 Å². The van der Waals surface area contributed by atoms with E-state index in [1.165, 1.54) is 12.8 Å². The largest absolute Gasteiger partial charge is 0.345 e. The van der Waals surface area contributed by atoms with Gasteiger partial charge in [0.25, 0.3) is 0 Å². The molecule has 0 aromatic carbocycles. The minimum atomic E-state index is 0.0589. The Bertz CT molecular complexity index is 228. The molecule has 0 spiro atoms. The molecule has 15 heavy (non-hydrogen) atoms. The van der Waals surface area contributed by atoms with Crippen LogP contribution < -0.4 is 5.32 Å². The van der Waals surface area contributed by atoms with Gasteiger partial charge in [-0.15, -0.1) is 0 Å². The van der Waals surface area contributed by atoms with E-state index < -0.39 is 0 Å². The van der Waals surface area contributed by atoms with Crippen LogP contribution in [0.4, 0.5) is 0 Å². The fourth-order valence-electron chi connectivity index (χ4n) is 1.03. The van der Waals surface area contributed by atoms with Crippen LogP contribution >= 0.6 is 0 Å². The summed E-state index contributed by atoms with van der Waals surface area (Å²) in [5.74, 6) is 6.03. The first-order chi connectivity index (χ1) is 7.20. The molecule has 0 aliphatic carbocycles. The molecule has 0 saturated carbocycles. The van der Waals surface area contributed by atoms with Gasteiger partial charge in [0, 0.05) is 6.42 Å². The summed E-state index contributed by atoms with van der Waals surface area (Å²) in [6.45, 7) is 6.35. The Morgan fingerprint density at radius 1 is 1.33 bits per heavy atom. The van der Waals surface area contributed by atoms with Crippen LogP contribution in [0.3, 0.4) is 0 Å². The Morgan fingerprint density at radius 3 is 2.67 bits per heavy atom. The SMILES string of the molecule is CCCCN(C)CC#CCNC(=O)CC. The van der Waals surface area contributed by atoms with Crippen molar-refractivity contribution in [3.63, 3.8) is 0 Å². The maximum absolute atomic E-state index is 10.9. The predicted molar refractivity (Wildman–Crippen MR) is 63.5 cm³/mol. The van der Waals surface area contributed by atoms with Crippen LogP contribution in [-0.4, -0.2) is 37.5 Å². The van der Waals surface area contributed by atoms with Crippen LogP contribution in [-0.2, 0) is 4.79 Å². The van der Waals surface area contributed by atoms with E-state index in [-0.39, 0.29) is 5.91 Å². The maximum atomic E-state index is 10.9. The lowest BCUT2D eigenvalue weighted by atomic mass is 10.3. The molecule has 0 fully saturated rings. The van der Waals surface area contributed by atoms with Crippen molar-refractivity contribution >= 4 is 5.91 Å². The van der Waals surface area contributed by atoms with Gasteiger partial charge >= 0.3 is 0 Å². The van der Waals surface area contributed by atoms with Crippen molar-refractivity contribution in [3.05, 3.63) is 0 Å². The Balaban J connectivity index is 3.48. The molecular formula is C12H22N2O. The van der Waals surface area contributed by atoms with E-state index in [0.29, 0.717) is 13.0 Å². The summed E-state index contributed by atoms with van der Waals surface area (Å²) >= 11 is 0. The van der Waals surface area contributed by atoms with E-state index in [2.05, 4.69) is 36.0 Å². The van der Waals surface area contributed by atoms with Crippen molar-refractivity contribution in [1.82, 2.24) is 10.2 Å². The van der Waals surface area contributed by atoms with Crippen molar-refractivity contribution in [3.8, 4) is 11.8 Å². The molecule has 0 unspecified atom stereocenters. The summed E-state index contributed by atoms with van der Waals surface area (Å²) in [5.41, 5.74) is 0. The van der Waals surface area contributed by atoms with Crippen LogP contribution in [0.25, 0.3) is 0 Å². The molecule has 0 aromatic heterocycles. The molecule has 0 saturated heterocycles. The maximum Gasteiger partial charge on any atom is 0.220 e. The van der Waals surface area contributed by atoms with E-state index in [9.17, 15) is 4.79 Å². The summed E-state index contributed by atoms with van der Waals surface area (Å²) < 4.78 is 0. The number of unbranched alkanes of at least 4 members (excludes halogenated alkanes) is 1. The topological polar surface area (TPSA) is 32.3 Å². The lowest BCUT2D eigenvalue weighted by molar-refractivity contribution is -0.120. The third-order valence-electron chi connectivity index (χ3n) is 2.06. The lowest BCUT2D eigenvalue weighted by Gasteiger charge is -2.11. The van der Waals surface area contributed by atoms with Gasteiger partial charge in [-0.2, -0.15) is 0 Å². The van der Waals surface area contributed by atoms with Gasteiger partial charge in [-0.3, -0.25) is 9.69 Å². The number of nitrogens with one attached hydrogen (secondary N) is 1. The van der Waals surface area contributed by atoms with E-state index in [4.69, 9.17) is 0 Å². The fourth-order valence-corrected chi connectivity index (χ4v) is 1.03. The number of carbonyl (C=O) groups excluding carboxylic acids is 1. The van der Waals surface area contributed by atoms with Gasteiger partial charge in [0.2, 0.25) is 5.91 Å². The smallest absolute Gasteiger partial charge is 0.220 e. The zero-order valence-corrected chi connectivity index (χ0v) is 10.1. The zero-order valence-electron chi connectivity index (χ0n) is 10.1. The van der Waals surface area contributed by atoms with Crippen molar-refractivity contribution in [1.29, 1.82) is 0 Å². The zero-order chi connectivity index (χ0) is 11.5. The summed E-state index contributed by atoms with van der Waals surface area (Å²) in [5, 5.41) is 2.72. The van der Waals surface area contributed by atoms with Crippen molar-refractivity contribution in [2.45, 2.75) is 33.1 Å². The molecule has 3 nitrogen and oxygen atoms in total. The average molecular weight is 210 g/mol. The number of rotatable bonds is 6. The number of carbonyl (C=O) groups is 1. The number of nitrogens with zero attached hydrogens (tertiary/aromatic N) is 1. The van der Waals surface area contributed by atoms with Crippen LogP contribution in [0.2, 0.25) is 0 Å². The molecule has 0 radical (unpaired) electrons. The monoisotopic (exact) mass is 210 g/mol. The Morgan fingerprint density at radius 2 is 2.07 bits per heavy atom. The standard InChI is InChI=1S/C12H22N2O/c1-4-6-10-14(3)11-8-7-9-13-12(15)5-2/h4-6,9-11H2,1-3H3,(H,13,15). The average Bonchev–Trinajstić information content (AvgIpc) is 2.25. The van der Waals surface area contributed by atoms with Crippen LogP contribution in [0.15, 0.2) is 0 Å². The molecule has 0 bridgehead atoms. The number of hydrogen-bond acceptors (Lipinski definition) is 2. The van der Waals surface area contributed by atoms with Gasteiger partial charge in [-0.1, -0.05) is 32.1 Å². The molecule has 1 amide bonds. The van der Waals surface area contributed by atoms with Gasteiger partial charge in [-0.25, -0.2) is 0 Å². The van der Waals surface area contributed by atoms with E-state index in [0.717, 1.165) is 13.1 Å². The first-order valence-corrected chi connectivity index (χ1v) is 5.61. The van der Waals surface area contributed by atoms with Gasteiger partial charge in [-0.05, 0) is 20.0 Å². The highest BCUT2D eigenvalue weighted by molar-refractivity contribution is 5.75. The van der Waals surface area contributed by atoms with E-state index >= 15 is 0 Å². The highest BCUT2D eigenvalue weighted by atomic mass is 16.1. The van der Waals surface area contributed by atoms with Gasteiger partial charge in [0.05, 0.1) is 13.1 Å². The molecule has 86 valence electrons. The third-order valence-corrected chi connectivity index (χ3v) is 2.06. The Hall–Kier alpha value is -1.01. The van der Waals surface area contributed by atoms with Crippen LogP contribution in [0.1, 0.15) is 33.1 Å². The van der Waals surface area contributed by atoms with Crippen molar-refractivity contribution in [2.75, 3.05) is 26.7 Å². The second-order valence-electron chi connectivity index (χ2n) is 3.58. The first kappa shape index (κ1) is 14.0. The summed E-state index contributed by atoms with van der Waals surface area (Å²) in [6.07, 6.45) is 2.95. The van der Waals surface area contributed by atoms with Gasteiger partial charge in [0.15, 0.2) is 0 Å². The first-order valence-electron chi connectivity index (χ1n) is 5.61. The molecule has 0 heterocycles. The molecular weight excluding hydrogens is 188 g/mol. The van der Waals surface area contributed by atoms with Gasteiger partial charge in [0.1, 0.15) is 0 Å². The highest BCUT2D eigenvalue weighted by Crippen LogP contribution is 1.89. The second-order valence-corrected chi connectivity index (χ2v) is 3.58. The molecule has 0 aliphatic heterocycles. The number of hydrogen-bond donors (Lipinski definition) is 1. The van der Waals surface area contributed by atoms with Crippen LogP contribution in [0.5, 0.6) is 0 Å². The Labute approximate surface area is 93.2 Å². The second kappa shape index (κ2) is 9.54. The van der Waals surface area contributed by atoms with Gasteiger partial charge < -0.3 is 5.32 Å². The number of amides is 1. The van der Waals surface area contributed by atoms with E-state index in [1.54, 1.807) is 0 Å². The lowest BCUT2D eigenvalue weighted by Crippen LogP contribution is -2.23. The molecule has 0 atom stereocenters. The van der Waals surface area contributed by atoms with Crippen LogP contribution in [0, 0.1) is 11.8 Å². The minimum Gasteiger partial charge on any atom is -0.345 e. The predicted octanol–water partition coefficient (Wildman–Crippen LogP) is 1.25. The molecule has 0 rings (SSSR count). The minimum absolute atomic E-state index is 0.0589. The van der Waals surface area contributed by atoms with Crippen molar-refractivity contribution < 1.29 is 4.79 Å². The molecule has 1 N–H and O–H groups in total. The molecule has 0 aromatic rings. The summed E-state index contributed by atoms with van der Waals surface area (Å²) in [7, 11) is 2.06. The summed E-state index contributed by atoms with van der Waals surface area (Å²) in [6, 6.07) is 0. The quantitative estimate of drug-likeness (QED) is 0.669. The highest BCUT2D eigenvalue weighted by Gasteiger charge is 1.93. The van der Waals surface area contributed by atoms with Crippen molar-refractivity contribution in [2.24, 2.45) is 0 Å². The fraction of sp³-hybridized carbons (Fsp3) is 0.750. The molecule has 3 heteroatoms. The summed E-state index contributed by atoms with van der Waals surface area (Å²) in [4.78, 5) is 13.1. The third kappa shape index (κ3) is 9.30. The molecule has 0 aliphatic rings. The Kier molecular flexibility index (Phi) is 8.90.